The number of rotatable bonds is 10. The number of ether oxygens (including phenoxy) is 2. The lowest BCUT2D eigenvalue weighted by atomic mass is 10.1. The number of nitrogens with zero attached hydrogens (tertiary/aromatic N) is 4. The number of nitrogens with one attached hydrogen (secondary N) is 2. The molecule has 0 aliphatic heterocycles. The van der Waals surface area contributed by atoms with Crippen LogP contribution >= 0.6 is 0 Å². The molecule has 0 radical (unpaired) electrons. The van der Waals surface area contributed by atoms with E-state index in [9.17, 15) is 13.6 Å². The van der Waals surface area contributed by atoms with Crippen molar-refractivity contribution in [2.24, 2.45) is 5.92 Å². The van der Waals surface area contributed by atoms with Crippen LogP contribution in [0.4, 0.5) is 20.2 Å². The second-order valence-corrected chi connectivity index (χ2v) is 8.13. The first-order chi connectivity index (χ1) is 17.1. The van der Waals surface area contributed by atoms with Crippen LogP contribution in [0.5, 0.6) is 11.5 Å². The predicted octanol–water partition coefficient (Wildman–Crippen LogP) is 4.28. The van der Waals surface area contributed by atoms with Gasteiger partial charge in [0.1, 0.15) is 0 Å². The topological polar surface area (TPSA) is 109 Å². The van der Waals surface area contributed by atoms with Gasteiger partial charge in [-0.25, -0.2) is 0 Å². The number of alkyl halides is 2. The standard InChI is InChI=1S/C24H22F2N6O3/c25-24(26)35-20-5-1-4-19(21(20)34-14-15-6-7-15)32(13-17-3-2-12-27-23(17)33)18-10-8-16(9-11-18)22-28-30-31-29-22/h1-5,8-12,15,24H,6-7,13-14H2,(H,27,33)(H,28,29,30,31). The van der Waals surface area contributed by atoms with Crippen LogP contribution in [0.3, 0.4) is 0 Å². The minimum Gasteiger partial charge on any atom is -0.487 e. The van der Waals surface area contributed by atoms with Crippen molar-refractivity contribution in [3.05, 3.63) is 76.7 Å². The molecule has 1 aliphatic carbocycles. The molecule has 5 rings (SSSR count). The summed E-state index contributed by atoms with van der Waals surface area (Å²) in [7, 11) is 0. The zero-order valence-electron chi connectivity index (χ0n) is 18.5. The third kappa shape index (κ3) is 5.29. The molecule has 2 N–H and O–H groups in total. The molecule has 2 aromatic heterocycles. The highest BCUT2D eigenvalue weighted by atomic mass is 19.3. The number of pyridine rings is 1. The second-order valence-electron chi connectivity index (χ2n) is 8.13. The highest BCUT2D eigenvalue weighted by molar-refractivity contribution is 5.74. The Kier molecular flexibility index (Phi) is 6.38. The van der Waals surface area contributed by atoms with Crippen molar-refractivity contribution in [3.63, 3.8) is 0 Å². The number of aromatic amines is 2. The van der Waals surface area contributed by atoms with Gasteiger partial charge in [0.25, 0.3) is 5.56 Å². The number of hydrogen-bond donors (Lipinski definition) is 2. The Balaban J connectivity index is 1.58. The average Bonchev–Trinajstić information content (AvgIpc) is 3.52. The maximum atomic E-state index is 13.2. The Morgan fingerprint density at radius 2 is 1.91 bits per heavy atom. The van der Waals surface area contributed by atoms with E-state index in [2.05, 4.69) is 25.6 Å². The van der Waals surface area contributed by atoms with E-state index in [4.69, 9.17) is 9.47 Å². The Morgan fingerprint density at radius 3 is 2.60 bits per heavy atom. The zero-order chi connectivity index (χ0) is 24.2. The van der Waals surface area contributed by atoms with Gasteiger partial charge in [-0.05, 0) is 66.4 Å². The average molecular weight is 480 g/mol. The van der Waals surface area contributed by atoms with E-state index < -0.39 is 6.61 Å². The lowest BCUT2D eigenvalue weighted by Gasteiger charge is -2.28. The molecular weight excluding hydrogens is 458 g/mol. The summed E-state index contributed by atoms with van der Waals surface area (Å²) in [5.41, 5.74) is 2.18. The van der Waals surface area contributed by atoms with Gasteiger partial charge in [-0.2, -0.15) is 14.0 Å². The number of H-pyrrole nitrogens is 2. The summed E-state index contributed by atoms with van der Waals surface area (Å²) in [6, 6.07) is 15.5. The minimum absolute atomic E-state index is 0.0615. The third-order valence-corrected chi connectivity index (χ3v) is 5.64. The molecule has 0 unspecified atom stereocenters. The van der Waals surface area contributed by atoms with Gasteiger partial charge in [0.15, 0.2) is 11.5 Å². The van der Waals surface area contributed by atoms with Gasteiger partial charge in [0.05, 0.1) is 18.8 Å². The summed E-state index contributed by atoms with van der Waals surface area (Å²) in [6.07, 6.45) is 3.62. The van der Waals surface area contributed by atoms with Gasteiger partial charge in [-0.1, -0.05) is 12.1 Å². The smallest absolute Gasteiger partial charge is 0.387 e. The van der Waals surface area contributed by atoms with Crippen molar-refractivity contribution in [2.45, 2.75) is 26.0 Å². The van der Waals surface area contributed by atoms with E-state index >= 15 is 0 Å². The summed E-state index contributed by atoms with van der Waals surface area (Å²) >= 11 is 0. The molecule has 1 fully saturated rings. The van der Waals surface area contributed by atoms with E-state index in [0.717, 1.165) is 18.4 Å². The first-order valence-electron chi connectivity index (χ1n) is 11.1. The maximum absolute atomic E-state index is 13.2. The Bertz CT molecular complexity index is 1320. The molecule has 11 heteroatoms. The Hall–Kier alpha value is -4.28. The van der Waals surface area contributed by atoms with E-state index in [1.54, 1.807) is 30.5 Å². The van der Waals surface area contributed by atoms with E-state index in [0.29, 0.717) is 35.3 Å². The van der Waals surface area contributed by atoms with E-state index in [1.165, 1.54) is 6.07 Å². The summed E-state index contributed by atoms with van der Waals surface area (Å²) in [4.78, 5) is 17.0. The number of anilines is 2. The normalized spacial score (nSPS) is 13.1. The maximum Gasteiger partial charge on any atom is 0.387 e. The van der Waals surface area contributed by atoms with Gasteiger partial charge in [0, 0.05) is 23.0 Å². The molecule has 0 bridgehead atoms. The summed E-state index contributed by atoms with van der Waals surface area (Å²) in [5, 5.41) is 14.0. The summed E-state index contributed by atoms with van der Waals surface area (Å²) in [6.45, 7) is -2.45. The van der Waals surface area contributed by atoms with E-state index in [-0.39, 0.29) is 23.6 Å². The van der Waals surface area contributed by atoms with Crippen LogP contribution in [0.15, 0.2) is 65.6 Å². The number of halogens is 2. The lowest BCUT2D eigenvalue weighted by molar-refractivity contribution is -0.0514. The SMILES string of the molecule is O=c1[nH]cccc1CN(c1ccc(-c2nn[nH]n2)cc1)c1cccc(OC(F)F)c1OCC1CC1. The second kappa shape index (κ2) is 9.92. The molecule has 2 aromatic carbocycles. The van der Waals surface area contributed by atoms with Crippen molar-refractivity contribution in [1.29, 1.82) is 0 Å². The van der Waals surface area contributed by atoms with Crippen LogP contribution in [-0.2, 0) is 6.54 Å². The van der Waals surface area contributed by atoms with Crippen molar-refractivity contribution in [2.75, 3.05) is 11.5 Å². The fourth-order valence-corrected chi connectivity index (χ4v) is 3.68. The van der Waals surface area contributed by atoms with Crippen LogP contribution in [0, 0.1) is 5.92 Å². The quantitative estimate of drug-likeness (QED) is 0.349. The Labute approximate surface area is 198 Å². The highest BCUT2D eigenvalue weighted by Crippen LogP contribution is 2.43. The van der Waals surface area contributed by atoms with Gasteiger partial charge in [-0.3, -0.25) is 4.79 Å². The molecule has 0 amide bonds. The van der Waals surface area contributed by atoms with Gasteiger partial charge in [-0.15, -0.1) is 10.2 Å². The first kappa shape index (κ1) is 22.5. The fourth-order valence-electron chi connectivity index (χ4n) is 3.68. The van der Waals surface area contributed by atoms with Crippen molar-refractivity contribution in [1.82, 2.24) is 25.6 Å². The van der Waals surface area contributed by atoms with Crippen molar-refractivity contribution >= 4 is 11.4 Å². The zero-order valence-corrected chi connectivity index (χ0v) is 18.5. The summed E-state index contributed by atoms with van der Waals surface area (Å²) in [5.74, 6) is 0.966. The molecule has 2 heterocycles. The molecule has 35 heavy (non-hydrogen) atoms. The Morgan fingerprint density at radius 1 is 1.09 bits per heavy atom. The van der Waals surface area contributed by atoms with Crippen LogP contribution < -0.4 is 19.9 Å². The number of benzene rings is 2. The number of para-hydroxylation sites is 1. The molecular formula is C24H22F2N6O3. The molecule has 4 aromatic rings. The van der Waals surface area contributed by atoms with Crippen LogP contribution in [-0.4, -0.2) is 38.8 Å². The van der Waals surface area contributed by atoms with Crippen LogP contribution in [0.25, 0.3) is 11.4 Å². The van der Waals surface area contributed by atoms with E-state index in [1.807, 2.05) is 29.2 Å². The lowest BCUT2D eigenvalue weighted by Crippen LogP contribution is -2.23. The highest BCUT2D eigenvalue weighted by Gasteiger charge is 2.26. The molecule has 0 spiro atoms. The molecule has 1 aliphatic rings. The molecule has 9 nitrogen and oxygen atoms in total. The van der Waals surface area contributed by atoms with Crippen LogP contribution in [0.1, 0.15) is 18.4 Å². The largest absolute Gasteiger partial charge is 0.487 e. The molecule has 1 saturated carbocycles. The number of hydrogen-bond acceptors (Lipinski definition) is 7. The minimum atomic E-state index is -3.01. The third-order valence-electron chi connectivity index (χ3n) is 5.64. The van der Waals surface area contributed by atoms with Crippen molar-refractivity contribution in [3.8, 4) is 22.9 Å². The molecule has 180 valence electrons. The molecule has 0 saturated heterocycles. The van der Waals surface area contributed by atoms with Crippen molar-refractivity contribution < 1.29 is 18.3 Å². The van der Waals surface area contributed by atoms with Gasteiger partial charge >= 0.3 is 6.61 Å². The number of tetrazole rings is 1. The monoisotopic (exact) mass is 480 g/mol. The van der Waals surface area contributed by atoms with Gasteiger partial charge < -0.3 is 19.4 Å². The predicted molar refractivity (Wildman–Crippen MR) is 124 cm³/mol. The molecule has 0 atom stereocenters. The fraction of sp³-hybridized carbons (Fsp3) is 0.250. The summed E-state index contributed by atoms with van der Waals surface area (Å²) < 4.78 is 37.2. The van der Waals surface area contributed by atoms with Crippen LogP contribution in [0.2, 0.25) is 0 Å². The van der Waals surface area contributed by atoms with Gasteiger partial charge in [0.2, 0.25) is 5.82 Å². The number of aromatic nitrogens is 5. The first-order valence-corrected chi connectivity index (χ1v) is 11.1.